The van der Waals surface area contributed by atoms with Gasteiger partial charge in [-0.1, -0.05) is 24.3 Å². The first-order valence-corrected chi connectivity index (χ1v) is 8.14. The standard InChI is InChI=1S/C15H20N2OS/c18-15(9-14-10-19-6-5-16-14)17-13-7-11-3-1-2-4-12(11)8-13/h1-4,13-14,16H,5-10H2,(H,17,18). The van der Waals surface area contributed by atoms with E-state index in [9.17, 15) is 4.79 Å². The number of rotatable bonds is 3. The van der Waals surface area contributed by atoms with Crippen LogP contribution >= 0.6 is 11.8 Å². The number of fused-ring (bicyclic) bond motifs is 1. The van der Waals surface area contributed by atoms with Crippen LogP contribution in [0, 0.1) is 0 Å². The summed E-state index contributed by atoms with van der Waals surface area (Å²) in [7, 11) is 0. The summed E-state index contributed by atoms with van der Waals surface area (Å²) in [5, 5.41) is 6.60. The first-order valence-electron chi connectivity index (χ1n) is 6.98. The fourth-order valence-corrected chi connectivity index (χ4v) is 3.87. The second-order valence-electron chi connectivity index (χ2n) is 5.37. The fraction of sp³-hybridized carbons (Fsp3) is 0.533. The van der Waals surface area contributed by atoms with Crippen molar-refractivity contribution in [1.29, 1.82) is 0 Å². The van der Waals surface area contributed by atoms with E-state index in [2.05, 4.69) is 34.9 Å². The van der Waals surface area contributed by atoms with Crippen molar-refractivity contribution in [1.82, 2.24) is 10.6 Å². The van der Waals surface area contributed by atoms with Crippen molar-refractivity contribution < 1.29 is 4.79 Å². The van der Waals surface area contributed by atoms with Crippen LogP contribution in [0.4, 0.5) is 0 Å². The molecule has 1 aromatic rings. The van der Waals surface area contributed by atoms with E-state index >= 15 is 0 Å². The highest BCUT2D eigenvalue weighted by Crippen LogP contribution is 2.21. The van der Waals surface area contributed by atoms with Crippen molar-refractivity contribution in [2.45, 2.75) is 31.3 Å². The van der Waals surface area contributed by atoms with Gasteiger partial charge < -0.3 is 10.6 Å². The van der Waals surface area contributed by atoms with Crippen molar-refractivity contribution in [3.8, 4) is 0 Å². The molecule has 1 fully saturated rings. The van der Waals surface area contributed by atoms with E-state index in [1.54, 1.807) is 0 Å². The van der Waals surface area contributed by atoms with Crippen LogP contribution in [0.25, 0.3) is 0 Å². The van der Waals surface area contributed by atoms with Crippen LogP contribution in [0.15, 0.2) is 24.3 Å². The molecular formula is C15H20N2OS. The lowest BCUT2D eigenvalue weighted by Gasteiger charge is -2.23. The van der Waals surface area contributed by atoms with Gasteiger partial charge in [-0.2, -0.15) is 11.8 Å². The van der Waals surface area contributed by atoms with E-state index < -0.39 is 0 Å². The Morgan fingerprint density at radius 3 is 2.68 bits per heavy atom. The maximum atomic E-state index is 12.1. The quantitative estimate of drug-likeness (QED) is 0.876. The Bertz CT molecular complexity index is 432. The van der Waals surface area contributed by atoms with E-state index in [1.807, 2.05) is 11.8 Å². The summed E-state index contributed by atoms with van der Waals surface area (Å²) in [6.45, 7) is 1.03. The van der Waals surface area contributed by atoms with Gasteiger partial charge in [0.15, 0.2) is 0 Å². The van der Waals surface area contributed by atoms with Crippen LogP contribution in [0.3, 0.4) is 0 Å². The van der Waals surface area contributed by atoms with Gasteiger partial charge in [-0.05, 0) is 24.0 Å². The predicted molar refractivity (Wildman–Crippen MR) is 79.5 cm³/mol. The van der Waals surface area contributed by atoms with E-state index in [4.69, 9.17) is 0 Å². The van der Waals surface area contributed by atoms with Gasteiger partial charge in [0.1, 0.15) is 0 Å². The molecule has 1 aromatic carbocycles. The minimum Gasteiger partial charge on any atom is -0.353 e. The second kappa shape index (κ2) is 5.97. The lowest BCUT2D eigenvalue weighted by molar-refractivity contribution is -0.122. The fourth-order valence-electron chi connectivity index (χ4n) is 2.92. The maximum Gasteiger partial charge on any atom is 0.221 e. The minimum atomic E-state index is 0.192. The highest BCUT2D eigenvalue weighted by molar-refractivity contribution is 7.99. The van der Waals surface area contributed by atoms with E-state index in [1.165, 1.54) is 11.1 Å². The van der Waals surface area contributed by atoms with Gasteiger partial charge in [-0.25, -0.2) is 0 Å². The molecule has 0 spiro atoms. The third kappa shape index (κ3) is 3.31. The van der Waals surface area contributed by atoms with Crippen LogP contribution in [0.1, 0.15) is 17.5 Å². The number of thioether (sulfide) groups is 1. The molecule has 19 heavy (non-hydrogen) atoms. The van der Waals surface area contributed by atoms with Crippen molar-refractivity contribution in [2.75, 3.05) is 18.1 Å². The molecule has 1 unspecified atom stereocenters. The SMILES string of the molecule is O=C(CC1CSCCN1)NC1Cc2ccccc2C1. The number of amides is 1. The molecule has 0 bridgehead atoms. The zero-order chi connectivity index (χ0) is 13.1. The monoisotopic (exact) mass is 276 g/mol. The molecule has 1 aliphatic carbocycles. The van der Waals surface area contributed by atoms with Crippen LogP contribution in [-0.2, 0) is 17.6 Å². The van der Waals surface area contributed by atoms with Crippen LogP contribution in [-0.4, -0.2) is 36.0 Å². The average molecular weight is 276 g/mol. The summed E-state index contributed by atoms with van der Waals surface area (Å²) in [6, 6.07) is 9.13. The van der Waals surface area contributed by atoms with Crippen molar-refractivity contribution >= 4 is 17.7 Å². The smallest absolute Gasteiger partial charge is 0.221 e. The first kappa shape index (κ1) is 13.0. The van der Waals surface area contributed by atoms with Crippen LogP contribution in [0.2, 0.25) is 0 Å². The van der Waals surface area contributed by atoms with Gasteiger partial charge in [-0.3, -0.25) is 4.79 Å². The lowest BCUT2D eigenvalue weighted by atomic mass is 10.1. The number of hydrogen-bond acceptors (Lipinski definition) is 3. The van der Waals surface area contributed by atoms with Gasteiger partial charge in [0.25, 0.3) is 0 Å². The molecule has 102 valence electrons. The molecule has 0 saturated carbocycles. The summed E-state index contributed by atoms with van der Waals surface area (Å²) >= 11 is 1.94. The summed E-state index contributed by atoms with van der Waals surface area (Å²) in [4.78, 5) is 12.1. The zero-order valence-electron chi connectivity index (χ0n) is 11.0. The van der Waals surface area contributed by atoms with Crippen LogP contribution < -0.4 is 10.6 Å². The molecule has 3 rings (SSSR count). The lowest BCUT2D eigenvalue weighted by Crippen LogP contribution is -2.43. The average Bonchev–Trinajstić information content (AvgIpc) is 2.81. The highest BCUT2D eigenvalue weighted by Gasteiger charge is 2.24. The van der Waals surface area contributed by atoms with E-state index in [0.29, 0.717) is 18.5 Å². The van der Waals surface area contributed by atoms with Gasteiger partial charge in [-0.15, -0.1) is 0 Å². The first-order chi connectivity index (χ1) is 9.31. The Labute approximate surface area is 118 Å². The Balaban J connectivity index is 1.49. The van der Waals surface area contributed by atoms with Gasteiger partial charge >= 0.3 is 0 Å². The molecular weight excluding hydrogens is 256 g/mol. The normalized spacial score (nSPS) is 23.1. The Kier molecular flexibility index (Phi) is 4.09. The number of carbonyl (C=O) groups is 1. The molecule has 1 atom stereocenters. The molecule has 2 N–H and O–H groups in total. The number of benzene rings is 1. The number of carbonyl (C=O) groups excluding carboxylic acids is 1. The minimum absolute atomic E-state index is 0.192. The zero-order valence-corrected chi connectivity index (χ0v) is 11.8. The molecule has 1 saturated heterocycles. The molecule has 1 amide bonds. The molecule has 0 radical (unpaired) electrons. The molecule has 3 nitrogen and oxygen atoms in total. The third-order valence-electron chi connectivity index (χ3n) is 3.85. The Hall–Kier alpha value is -1.00. The maximum absolute atomic E-state index is 12.1. The topological polar surface area (TPSA) is 41.1 Å². The molecule has 0 aromatic heterocycles. The number of hydrogen-bond donors (Lipinski definition) is 2. The number of nitrogens with one attached hydrogen (secondary N) is 2. The Morgan fingerprint density at radius 2 is 2.05 bits per heavy atom. The van der Waals surface area contributed by atoms with E-state index in [-0.39, 0.29) is 5.91 Å². The van der Waals surface area contributed by atoms with E-state index in [0.717, 1.165) is 30.9 Å². The summed E-state index contributed by atoms with van der Waals surface area (Å²) in [5.41, 5.74) is 2.78. The van der Waals surface area contributed by atoms with Gasteiger partial charge in [0.2, 0.25) is 5.91 Å². The molecule has 1 aliphatic heterocycles. The summed E-state index contributed by atoms with van der Waals surface area (Å²) in [6.07, 6.45) is 2.57. The highest BCUT2D eigenvalue weighted by atomic mass is 32.2. The summed E-state index contributed by atoms with van der Waals surface area (Å²) in [5.74, 6) is 2.41. The second-order valence-corrected chi connectivity index (χ2v) is 6.52. The Morgan fingerprint density at radius 1 is 1.32 bits per heavy atom. The van der Waals surface area contributed by atoms with Crippen molar-refractivity contribution in [3.05, 3.63) is 35.4 Å². The van der Waals surface area contributed by atoms with Gasteiger partial charge in [0, 0.05) is 36.6 Å². The third-order valence-corrected chi connectivity index (χ3v) is 4.98. The van der Waals surface area contributed by atoms with Crippen LogP contribution in [0.5, 0.6) is 0 Å². The predicted octanol–water partition coefficient (Wildman–Crippen LogP) is 1.37. The molecule has 2 aliphatic rings. The van der Waals surface area contributed by atoms with Crippen molar-refractivity contribution in [2.24, 2.45) is 0 Å². The largest absolute Gasteiger partial charge is 0.353 e. The summed E-state index contributed by atoms with van der Waals surface area (Å²) < 4.78 is 0. The van der Waals surface area contributed by atoms with Gasteiger partial charge in [0.05, 0.1) is 0 Å². The molecule has 4 heteroatoms. The molecule has 1 heterocycles. The van der Waals surface area contributed by atoms with Crippen molar-refractivity contribution in [3.63, 3.8) is 0 Å².